The van der Waals surface area contributed by atoms with Crippen LogP contribution in [0.25, 0.3) is 17.4 Å². The van der Waals surface area contributed by atoms with Crippen molar-refractivity contribution in [3.05, 3.63) is 112 Å². The molecule has 12 heteroatoms. The van der Waals surface area contributed by atoms with E-state index in [1.165, 1.54) is 16.7 Å². The highest BCUT2D eigenvalue weighted by atomic mass is 35.5. The molecule has 204 valence electrons. The van der Waals surface area contributed by atoms with Crippen LogP contribution < -0.4 is 19.6 Å². The third kappa shape index (κ3) is 4.96. The molecule has 1 aliphatic rings. The molecule has 0 fully saturated rings. The van der Waals surface area contributed by atoms with Gasteiger partial charge < -0.3 is 13.9 Å². The second kappa shape index (κ2) is 10.9. The summed E-state index contributed by atoms with van der Waals surface area (Å²) >= 11 is 7.08. The standard InChI is InChI=1S/C28H22ClN3O7S/c1-4-38-27(34)24-15(2)30-28-31(25(24)16-5-8-18(37-3)9-6-16)26(33)23(40-28)14-19-10-12-22(39-19)17-7-11-20(29)21(13-17)32(35)36/h5-14,25H,4H2,1-3H3. The lowest BCUT2D eigenvalue weighted by Crippen LogP contribution is -2.39. The van der Waals surface area contributed by atoms with Crippen LogP contribution in [0, 0.1) is 10.1 Å². The van der Waals surface area contributed by atoms with Crippen LogP contribution >= 0.6 is 22.9 Å². The zero-order valence-corrected chi connectivity index (χ0v) is 23.1. The van der Waals surface area contributed by atoms with E-state index in [1.54, 1.807) is 69.5 Å². The number of rotatable bonds is 7. The van der Waals surface area contributed by atoms with Gasteiger partial charge in [-0.15, -0.1) is 0 Å². The minimum atomic E-state index is -0.759. The van der Waals surface area contributed by atoms with E-state index in [9.17, 15) is 19.7 Å². The summed E-state index contributed by atoms with van der Waals surface area (Å²) in [7, 11) is 1.56. The van der Waals surface area contributed by atoms with Crippen molar-refractivity contribution in [2.24, 2.45) is 4.99 Å². The first-order valence-electron chi connectivity index (χ1n) is 12.1. The van der Waals surface area contributed by atoms with Crippen LogP contribution in [0.2, 0.25) is 5.02 Å². The largest absolute Gasteiger partial charge is 0.497 e. The highest BCUT2D eigenvalue weighted by Crippen LogP contribution is 2.33. The Balaban J connectivity index is 1.61. The summed E-state index contributed by atoms with van der Waals surface area (Å²) in [6.45, 7) is 3.60. The van der Waals surface area contributed by atoms with Crippen LogP contribution in [-0.4, -0.2) is 29.2 Å². The summed E-state index contributed by atoms with van der Waals surface area (Å²) < 4.78 is 18.3. The molecule has 0 saturated heterocycles. The van der Waals surface area contributed by atoms with Gasteiger partial charge in [-0.25, -0.2) is 9.79 Å². The molecule has 0 amide bonds. The third-order valence-corrected chi connectivity index (χ3v) is 7.58. The Morgan fingerprint density at radius 2 is 1.98 bits per heavy atom. The number of nitrogens with zero attached hydrogens (tertiary/aromatic N) is 3. The van der Waals surface area contributed by atoms with E-state index in [1.807, 2.05) is 0 Å². The molecule has 0 aliphatic carbocycles. The number of thiazole rings is 1. The average molecular weight is 580 g/mol. The van der Waals surface area contributed by atoms with Crippen molar-refractivity contribution in [3.8, 4) is 17.1 Å². The third-order valence-electron chi connectivity index (χ3n) is 6.28. The molecule has 10 nitrogen and oxygen atoms in total. The molecule has 1 aliphatic heterocycles. The molecule has 2 aromatic heterocycles. The van der Waals surface area contributed by atoms with Crippen LogP contribution in [0.15, 0.2) is 80.1 Å². The molecule has 0 radical (unpaired) electrons. The van der Waals surface area contributed by atoms with Gasteiger partial charge in [-0.3, -0.25) is 19.5 Å². The fourth-order valence-electron chi connectivity index (χ4n) is 4.41. The Bertz CT molecular complexity index is 1850. The van der Waals surface area contributed by atoms with E-state index in [0.717, 1.165) is 11.3 Å². The molecule has 0 bridgehead atoms. The van der Waals surface area contributed by atoms with Gasteiger partial charge in [0.2, 0.25) is 0 Å². The summed E-state index contributed by atoms with van der Waals surface area (Å²) in [6, 6.07) is 14.0. The van der Waals surface area contributed by atoms with Gasteiger partial charge in [-0.05, 0) is 55.8 Å². The fraction of sp³-hybridized carbons (Fsp3) is 0.179. The van der Waals surface area contributed by atoms with Gasteiger partial charge in [0.15, 0.2) is 4.80 Å². The quantitative estimate of drug-likeness (QED) is 0.177. The predicted molar refractivity (Wildman–Crippen MR) is 149 cm³/mol. The number of ether oxygens (including phenoxy) is 2. The number of halogens is 1. The second-order valence-electron chi connectivity index (χ2n) is 8.70. The van der Waals surface area contributed by atoms with Gasteiger partial charge in [-0.1, -0.05) is 35.1 Å². The van der Waals surface area contributed by atoms with E-state index in [4.69, 9.17) is 25.5 Å². The first-order chi connectivity index (χ1) is 19.2. The van der Waals surface area contributed by atoms with E-state index in [0.29, 0.717) is 43.4 Å². The van der Waals surface area contributed by atoms with Crippen LogP contribution in [0.4, 0.5) is 5.69 Å². The zero-order valence-electron chi connectivity index (χ0n) is 21.5. The molecule has 40 heavy (non-hydrogen) atoms. The molecule has 3 heterocycles. The first-order valence-corrected chi connectivity index (χ1v) is 13.3. The summed E-state index contributed by atoms with van der Waals surface area (Å²) in [5, 5.41) is 11.3. The lowest BCUT2D eigenvalue weighted by atomic mass is 9.96. The summed E-state index contributed by atoms with van der Waals surface area (Å²) in [5.41, 5.74) is 1.28. The Kier molecular flexibility index (Phi) is 7.42. The smallest absolute Gasteiger partial charge is 0.338 e. The minimum Gasteiger partial charge on any atom is -0.497 e. The molecule has 1 unspecified atom stereocenters. The molecular formula is C28H22ClN3O7S. The summed E-state index contributed by atoms with van der Waals surface area (Å²) in [6.07, 6.45) is 1.58. The normalized spacial score (nSPS) is 15.0. The van der Waals surface area contributed by atoms with Crippen LogP contribution in [-0.2, 0) is 9.53 Å². The van der Waals surface area contributed by atoms with E-state index in [2.05, 4.69) is 4.99 Å². The number of carbonyl (C=O) groups is 1. The van der Waals surface area contributed by atoms with Crippen molar-refractivity contribution in [1.29, 1.82) is 0 Å². The van der Waals surface area contributed by atoms with E-state index in [-0.39, 0.29) is 28.4 Å². The molecular weight excluding hydrogens is 558 g/mol. The first kappa shape index (κ1) is 27.1. The number of methoxy groups -OCH3 is 1. The number of nitro benzene ring substituents is 1. The number of esters is 1. The number of nitro groups is 1. The molecule has 2 aromatic carbocycles. The number of aromatic nitrogens is 1. The molecule has 5 rings (SSSR count). The lowest BCUT2D eigenvalue weighted by Gasteiger charge is -2.24. The molecule has 0 spiro atoms. The zero-order chi connectivity index (χ0) is 28.6. The minimum absolute atomic E-state index is 0.0190. The van der Waals surface area contributed by atoms with Crippen molar-refractivity contribution in [1.82, 2.24) is 4.57 Å². The van der Waals surface area contributed by atoms with Gasteiger partial charge in [-0.2, -0.15) is 0 Å². The van der Waals surface area contributed by atoms with Crippen LogP contribution in [0.3, 0.4) is 0 Å². The topological polar surface area (TPSA) is 126 Å². The molecule has 4 aromatic rings. The van der Waals surface area contributed by atoms with Crippen molar-refractivity contribution >= 4 is 40.7 Å². The SMILES string of the molecule is CCOC(=O)C1=C(C)N=c2sc(=Cc3ccc(-c4ccc(Cl)c([N+](=O)[O-])c4)o3)c(=O)n2C1c1ccc(OC)cc1. The van der Waals surface area contributed by atoms with Gasteiger partial charge in [0, 0.05) is 17.7 Å². The maximum atomic E-state index is 13.7. The number of hydrogen-bond acceptors (Lipinski definition) is 9. The Morgan fingerprint density at radius 1 is 1.23 bits per heavy atom. The number of benzene rings is 2. The average Bonchev–Trinajstić information content (AvgIpc) is 3.52. The Labute approximate surface area is 236 Å². The maximum absolute atomic E-state index is 13.7. The van der Waals surface area contributed by atoms with Crippen LogP contribution in [0.1, 0.15) is 31.2 Å². The Morgan fingerprint density at radius 3 is 2.65 bits per heavy atom. The molecule has 0 N–H and O–H groups in total. The van der Waals surface area contributed by atoms with Gasteiger partial charge >= 0.3 is 5.97 Å². The van der Waals surface area contributed by atoms with Crippen LogP contribution in [0.5, 0.6) is 5.75 Å². The van der Waals surface area contributed by atoms with Gasteiger partial charge in [0.25, 0.3) is 11.2 Å². The highest BCUT2D eigenvalue weighted by molar-refractivity contribution is 7.07. The molecule has 1 atom stereocenters. The summed E-state index contributed by atoms with van der Waals surface area (Å²) in [5.74, 6) is 0.816. The van der Waals surface area contributed by atoms with Crippen molar-refractivity contribution in [3.63, 3.8) is 0 Å². The number of fused-ring (bicyclic) bond motifs is 1. The van der Waals surface area contributed by atoms with Crippen molar-refractivity contribution < 1.29 is 23.6 Å². The number of allylic oxidation sites excluding steroid dienone is 1. The van der Waals surface area contributed by atoms with Crippen molar-refractivity contribution in [2.75, 3.05) is 13.7 Å². The predicted octanol–water partition coefficient (Wildman–Crippen LogP) is 4.63. The number of hydrogen-bond donors (Lipinski definition) is 0. The molecule has 0 saturated carbocycles. The maximum Gasteiger partial charge on any atom is 0.338 e. The number of carbonyl (C=O) groups excluding carboxylic acids is 1. The summed E-state index contributed by atoms with van der Waals surface area (Å²) in [4.78, 5) is 42.4. The van der Waals surface area contributed by atoms with Gasteiger partial charge in [0.05, 0.1) is 40.5 Å². The lowest BCUT2D eigenvalue weighted by molar-refractivity contribution is -0.384. The monoisotopic (exact) mass is 579 g/mol. The highest BCUT2D eigenvalue weighted by Gasteiger charge is 2.33. The van der Waals surface area contributed by atoms with Crippen molar-refractivity contribution in [2.45, 2.75) is 19.9 Å². The second-order valence-corrected chi connectivity index (χ2v) is 10.1. The van der Waals surface area contributed by atoms with E-state index >= 15 is 0 Å². The Hall–Kier alpha value is -4.48. The number of furan rings is 1. The van der Waals surface area contributed by atoms with E-state index < -0.39 is 16.9 Å². The fourth-order valence-corrected chi connectivity index (χ4v) is 5.63. The van der Waals surface area contributed by atoms with Gasteiger partial charge in [0.1, 0.15) is 22.3 Å².